The number of benzene rings is 2. The van der Waals surface area contributed by atoms with Crippen LogP contribution in [0.1, 0.15) is 28.8 Å². The van der Waals surface area contributed by atoms with Gasteiger partial charge in [0.2, 0.25) is 0 Å². The standard InChI is InChI=1S/C23H26FN3O2/c24-19-5-7-20(8-6-19)27-13-11-26(12-14-27)10-2-1-3-18-16-25-22-9-4-17(23(28)29)15-21(18)22/h4-9,15-16,25H,1-3,10-14H2,(H,28,29). The third kappa shape index (κ3) is 4.59. The van der Waals surface area contributed by atoms with Crippen LogP contribution in [0.15, 0.2) is 48.7 Å². The van der Waals surface area contributed by atoms with Crippen molar-refractivity contribution in [2.75, 3.05) is 37.6 Å². The van der Waals surface area contributed by atoms with Gasteiger partial charge in [-0.2, -0.15) is 0 Å². The molecular weight excluding hydrogens is 369 g/mol. The number of carboxylic acids is 1. The molecule has 0 spiro atoms. The number of nitrogens with zero attached hydrogens (tertiary/aromatic N) is 2. The summed E-state index contributed by atoms with van der Waals surface area (Å²) in [4.78, 5) is 19.2. The SMILES string of the molecule is O=C(O)c1ccc2[nH]cc(CCCCN3CCN(c4ccc(F)cc4)CC3)c2c1. The van der Waals surface area contributed by atoms with Crippen LogP contribution in [0.25, 0.3) is 10.9 Å². The number of aryl methyl sites for hydroxylation is 1. The molecule has 0 radical (unpaired) electrons. The maximum Gasteiger partial charge on any atom is 0.335 e. The van der Waals surface area contributed by atoms with Crippen molar-refractivity contribution in [1.29, 1.82) is 0 Å². The monoisotopic (exact) mass is 395 g/mol. The zero-order valence-corrected chi connectivity index (χ0v) is 16.4. The lowest BCUT2D eigenvalue weighted by Crippen LogP contribution is -2.46. The molecule has 0 unspecified atom stereocenters. The van der Waals surface area contributed by atoms with E-state index in [4.69, 9.17) is 0 Å². The summed E-state index contributed by atoms with van der Waals surface area (Å²) in [7, 11) is 0. The molecule has 5 nitrogen and oxygen atoms in total. The quantitative estimate of drug-likeness (QED) is 0.590. The summed E-state index contributed by atoms with van der Waals surface area (Å²) in [5, 5.41) is 10.2. The van der Waals surface area contributed by atoms with Gasteiger partial charge in [0.25, 0.3) is 0 Å². The van der Waals surface area contributed by atoms with E-state index in [-0.39, 0.29) is 5.82 Å². The van der Waals surface area contributed by atoms with Gasteiger partial charge in [0, 0.05) is 49.0 Å². The van der Waals surface area contributed by atoms with Crippen molar-refractivity contribution in [2.24, 2.45) is 0 Å². The highest BCUT2D eigenvalue weighted by Gasteiger charge is 2.17. The molecule has 3 aromatic rings. The second-order valence-electron chi connectivity index (χ2n) is 7.64. The summed E-state index contributed by atoms with van der Waals surface area (Å²) in [5.41, 5.74) is 3.59. The van der Waals surface area contributed by atoms with Gasteiger partial charge in [0.15, 0.2) is 0 Å². The molecule has 0 amide bonds. The largest absolute Gasteiger partial charge is 0.478 e. The first-order valence-electron chi connectivity index (χ1n) is 10.2. The van der Waals surface area contributed by atoms with Crippen molar-refractivity contribution in [3.8, 4) is 0 Å². The predicted molar refractivity (Wildman–Crippen MR) is 113 cm³/mol. The molecule has 29 heavy (non-hydrogen) atoms. The Balaban J connectivity index is 1.23. The fourth-order valence-corrected chi connectivity index (χ4v) is 4.05. The zero-order valence-electron chi connectivity index (χ0n) is 16.4. The lowest BCUT2D eigenvalue weighted by Gasteiger charge is -2.36. The lowest BCUT2D eigenvalue weighted by atomic mass is 10.0. The summed E-state index contributed by atoms with van der Waals surface area (Å²) in [6, 6.07) is 12.0. The van der Waals surface area contributed by atoms with Crippen molar-refractivity contribution in [3.63, 3.8) is 0 Å². The number of fused-ring (bicyclic) bond motifs is 1. The predicted octanol–water partition coefficient (Wildman–Crippen LogP) is 4.15. The van der Waals surface area contributed by atoms with Crippen LogP contribution in [-0.2, 0) is 6.42 Å². The summed E-state index contributed by atoms with van der Waals surface area (Å²) in [6.07, 6.45) is 5.13. The Morgan fingerprint density at radius 3 is 2.52 bits per heavy atom. The second-order valence-corrected chi connectivity index (χ2v) is 7.64. The van der Waals surface area contributed by atoms with Gasteiger partial charge in [0.1, 0.15) is 5.82 Å². The maximum atomic E-state index is 13.1. The number of aromatic amines is 1. The fourth-order valence-electron chi connectivity index (χ4n) is 4.05. The smallest absolute Gasteiger partial charge is 0.335 e. The Morgan fingerprint density at radius 2 is 1.79 bits per heavy atom. The van der Waals surface area contributed by atoms with Crippen molar-refractivity contribution in [3.05, 3.63) is 65.6 Å². The zero-order chi connectivity index (χ0) is 20.2. The van der Waals surface area contributed by atoms with E-state index in [2.05, 4.69) is 14.8 Å². The number of nitrogens with one attached hydrogen (secondary N) is 1. The average Bonchev–Trinajstić information content (AvgIpc) is 3.14. The summed E-state index contributed by atoms with van der Waals surface area (Å²) >= 11 is 0. The first-order chi connectivity index (χ1) is 14.1. The summed E-state index contributed by atoms with van der Waals surface area (Å²) in [5.74, 6) is -1.08. The number of hydrogen-bond donors (Lipinski definition) is 2. The molecule has 2 aromatic carbocycles. The topological polar surface area (TPSA) is 59.6 Å². The van der Waals surface area contributed by atoms with Gasteiger partial charge in [-0.25, -0.2) is 9.18 Å². The number of aromatic carboxylic acids is 1. The summed E-state index contributed by atoms with van der Waals surface area (Å²) in [6.45, 7) is 5.04. The Hall–Kier alpha value is -2.86. The molecule has 4 rings (SSSR count). The number of piperazine rings is 1. The Labute approximate surface area is 169 Å². The molecule has 1 saturated heterocycles. The molecule has 0 aliphatic carbocycles. The van der Waals surface area contributed by atoms with Crippen molar-refractivity contribution >= 4 is 22.6 Å². The molecule has 0 bridgehead atoms. The average molecular weight is 395 g/mol. The fraction of sp³-hybridized carbons (Fsp3) is 0.348. The van der Waals surface area contributed by atoms with Gasteiger partial charge in [-0.05, 0) is 73.8 Å². The van der Waals surface area contributed by atoms with Crippen molar-refractivity contribution in [2.45, 2.75) is 19.3 Å². The number of rotatable bonds is 7. The van der Waals surface area contributed by atoms with Crippen LogP contribution in [-0.4, -0.2) is 53.7 Å². The molecule has 2 N–H and O–H groups in total. The van der Waals surface area contributed by atoms with Gasteiger partial charge in [-0.1, -0.05) is 0 Å². The van der Waals surface area contributed by atoms with Gasteiger partial charge in [0.05, 0.1) is 5.56 Å². The number of halogens is 1. The number of unbranched alkanes of at least 4 members (excludes halogenated alkanes) is 1. The first kappa shape index (κ1) is 19.5. The molecule has 1 fully saturated rings. The van der Waals surface area contributed by atoms with Crippen LogP contribution in [0.3, 0.4) is 0 Å². The highest BCUT2D eigenvalue weighted by Crippen LogP contribution is 2.22. The Morgan fingerprint density at radius 1 is 1.03 bits per heavy atom. The number of anilines is 1. The molecule has 1 aliphatic rings. The molecule has 6 heteroatoms. The van der Waals surface area contributed by atoms with Crippen LogP contribution in [0.2, 0.25) is 0 Å². The molecule has 152 valence electrons. The van der Waals surface area contributed by atoms with E-state index in [1.54, 1.807) is 12.1 Å². The minimum Gasteiger partial charge on any atom is -0.478 e. The van der Waals surface area contributed by atoms with E-state index in [1.165, 1.54) is 17.7 Å². The highest BCUT2D eigenvalue weighted by molar-refractivity contribution is 5.94. The Bertz CT molecular complexity index is 975. The number of aromatic nitrogens is 1. The molecule has 0 saturated carbocycles. The number of hydrogen-bond acceptors (Lipinski definition) is 3. The van der Waals surface area contributed by atoms with Crippen molar-refractivity contribution in [1.82, 2.24) is 9.88 Å². The van der Waals surface area contributed by atoms with E-state index in [1.807, 2.05) is 24.4 Å². The number of carboxylic acid groups (broad SMARTS) is 1. The van der Waals surface area contributed by atoms with E-state index in [9.17, 15) is 14.3 Å². The third-order valence-electron chi connectivity index (χ3n) is 5.75. The van der Waals surface area contributed by atoms with Gasteiger partial charge in [-0.15, -0.1) is 0 Å². The van der Waals surface area contributed by atoms with Gasteiger partial charge < -0.3 is 15.0 Å². The highest BCUT2D eigenvalue weighted by atomic mass is 19.1. The lowest BCUT2D eigenvalue weighted by molar-refractivity contribution is 0.0697. The minimum absolute atomic E-state index is 0.193. The minimum atomic E-state index is -0.890. The molecule has 2 heterocycles. The van der Waals surface area contributed by atoms with Gasteiger partial charge >= 0.3 is 5.97 Å². The third-order valence-corrected chi connectivity index (χ3v) is 5.75. The second kappa shape index (κ2) is 8.66. The van der Waals surface area contributed by atoms with E-state index in [0.29, 0.717) is 5.56 Å². The van der Waals surface area contributed by atoms with Crippen LogP contribution in [0, 0.1) is 5.82 Å². The van der Waals surface area contributed by atoms with Crippen LogP contribution in [0.5, 0.6) is 0 Å². The normalized spacial score (nSPS) is 15.1. The Kier molecular flexibility index (Phi) is 5.81. The first-order valence-corrected chi connectivity index (χ1v) is 10.2. The number of carbonyl (C=O) groups is 1. The van der Waals surface area contributed by atoms with Crippen LogP contribution in [0.4, 0.5) is 10.1 Å². The molecule has 0 atom stereocenters. The molecule has 1 aromatic heterocycles. The molecular formula is C23H26FN3O2. The maximum absolute atomic E-state index is 13.1. The van der Waals surface area contributed by atoms with E-state index >= 15 is 0 Å². The molecule has 1 aliphatic heterocycles. The van der Waals surface area contributed by atoms with E-state index in [0.717, 1.165) is 68.6 Å². The van der Waals surface area contributed by atoms with Crippen LogP contribution >= 0.6 is 0 Å². The van der Waals surface area contributed by atoms with Crippen molar-refractivity contribution < 1.29 is 14.3 Å². The summed E-state index contributed by atoms with van der Waals surface area (Å²) < 4.78 is 13.1. The van der Waals surface area contributed by atoms with Gasteiger partial charge in [-0.3, -0.25) is 4.90 Å². The van der Waals surface area contributed by atoms with Crippen LogP contribution < -0.4 is 4.90 Å². The number of H-pyrrole nitrogens is 1. The van der Waals surface area contributed by atoms with E-state index < -0.39 is 5.97 Å².